The molecule has 1 aromatic rings. The summed E-state index contributed by atoms with van der Waals surface area (Å²) >= 11 is 2.26. The molecule has 0 bridgehead atoms. The van der Waals surface area contributed by atoms with Gasteiger partial charge in [-0.05, 0) is 42.2 Å². The number of halogens is 1. The molecule has 1 aliphatic carbocycles. The van der Waals surface area contributed by atoms with E-state index in [9.17, 15) is 9.70 Å². The molecule has 0 spiro atoms. The van der Waals surface area contributed by atoms with Crippen LogP contribution in [0.2, 0.25) is 0 Å². The van der Waals surface area contributed by atoms with Crippen molar-refractivity contribution in [2.45, 2.75) is 22.8 Å². The number of hydrogen-bond donors (Lipinski definition) is 0. The monoisotopic (exact) mass is 397 g/mol. The lowest BCUT2D eigenvalue weighted by Crippen LogP contribution is -2.22. The van der Waals surface area contributed by atoms with Crippen LogP contribution in [0.15, 0.2) is 59.3 Å². The summed E-state index contributed by atoms with van der Waals surface area (Å²) < 4.78 is 5.42. The van der Waals surface area contributed by atoms with Crippen LogP contribution in [0.25, 0.3) is 0 Å². The summed E-state index contributed by atoms with van der Waals surface area (Å²) in [7, 11) is 0. The van der Waals surface area contributed by atoms with Gasteiger partial charge in [-0.25, -0.2) is 4.79 Å². The summed E-state index contributed by atoms with van der Waals surface area (Å²) in [6, 6.07) is 8.63. The Labute approximate surface area is 137 Å². The Morgan fingerprint density at radius 2 is 2.14 bits per heavy atom. The van der Waals surface area contributed by atoms with E-state index in [2.05, 4.69) is 34.3 Å². The van der Waals surface area contributed by atoms with Crippen LogP contribution in [0, 0.1) is 4.91 Å². The first kappa shape index (κ1) is 15.9. The zero-order valence-corrected chi connectivity index (χ0v) is 13.7. The van der Waals surface area contributed by atoms with Gasteiger partial charge in [0.1, 0.15) is 6.61 Å². The van der Waals surface area contributed by atoms with Gasteiger partial charge in [-0.1, -0.05) is 52.5 Å². The van der Waals surface area contributed by atoms with E-state index < -0.39 is 0 Å². The molecular weight excluding hydrogens is 381 g/mol. The maximum absolute atomic E-state index is 11.8. The van der Waals surface area contributed by atoms with Crippen LogP contribution in [-0.2, 0) is 4.74 Å². The fourth-order valence-electron chi connectivity index (χ4n) is 2.22. The van der Waals surface area contributed by atoms with E-state index in [1.54, 1.807) is 24.3 Å². The van der Waals surface area contributed by atoms with Crippen molar-refractivity contribution in [3.8, 4) is 0 Å². The first-order valence-electron chi connectivity index (χ1n) is 6.68. The fraction of sp³-hybridized carbons (Fsp3) is 0.312. The molecular formula is C16H16INO3. The molecule has 0 unspecified atom stereocenters. The maximum Gasteiger partial charge on any atom is 0.338 e. The van der Waals surface area contributed by atoms with Crippen molar-refractivity contribution < 1.29 is 9.53 Å². The zero-order chi connectivity index (χ0) is 15.2. The fourth-order valence-corrected chi connectivity index (χ4v) is 3.21. The van der Waals surface area contributed by atoms with E-state index in [0.717, 1.165) is 17.6 Å². The lowest BCUT2D eigenvalue weighted by molar-refractivity contribution is 0.0549. The second kappa shape index (κ2) is 7.49. The van der Waals surface area contributed by atoms with Crippen LogP contribution in [-0.4, -0.2) is 22.5 Å². The number of nitroso groups, excluding NO2 is 1. The molecule has 0 heterocycles. The minimum Gasteiger partial charge on any atom is -0.458 e. The maximum atomic E-state index is 11.8. The number of allylic oxidation sites excluding steroid dienone is 1. The largest absolute Gasteiger partial charge is 0.458 e. The van der Waals surface area contributed by atoms with Crippen molar-refractivity contribution in [3.63, 3.8) is 0 Å². The van der Waals surface area contributed by atoms with Gasteiger partial charge in [-0.2, -0.15) is 4.91 Å². The Morgan fingerprint density at radius 3 is 2.81 bits per heavy atom. The van der Waals surface area contributed by atoms with Gasteiger partial charge in [0.15, 0.2) is 0 Å². The zero-order valence-electron chi connectivity index (χ0n) is 11.5. The molecule has 2 atom stereocenters. The predicted octanol–water partition coefficient (Wildman–Crippen LogP) is 4.06. The number of nitrogens with zero attached hydrogens (tertiary/aromatic N) is 1. The first-order valence-corrected chi connectivity index (χ1v) is 7.93. The quantitative estimate of drug-likeness (QED) is 0.333. The summed E-state index contributed by atoms with van der Waals surface area (Å²) in [5.74, 6) is -0.357. The molecule has 0 aromatic heterocycles. The van der Waals surface area contributed by atoms with E-state index in [4.69, 9.17) is 4.74 Å². The van der Waals surface area contributed by atoms with Crippen molar-refractivity contribution in [1.29, 1.82) is 0 Å². The molecule has 1 aromatic carbocycles. The number of rotatable bonds is 4. The van der Waals surface area contributed by atoms with E-state index in [1.165, 1.54) is 0 Å². The van der Waals surface area contributed by atoms with Crippen molar-refractivity contribution in [3.05, 3.63) is 64.6 Å². The van der Waals surface area contributed by atoms with Gasteiger partial charge >= 0.3 is 5.97 Å². The third-order valence-electron chi connectivity index (χ3n) is 3.43. The van der Waals surface area contributed by atoms with Gasteiger partial charge in [-0.3, -0.25) is 0 Å². The molecule has 0 N–H and O–H groups in total. The van der Waals surface area contributed by atoms with Gasteiger partial charge in [0.25, 0.3) is 0 Å². The number of alkyl halides is 1. The number of ether oxygens (including phenoxy) is 1. The minimum absolute atomic E-state index is 0.178. The topological polar surface area (TPSA) is 55.7 Å². The highest BCUT2D eigenvalue weighted by Crippen LogP contribution is 2.34. The average Bonchev–Trinajstić information content (AvgIpc) is 2.51. The predicted molar refractivity (Wildman–Crippen MR) is 90.6 cm³/mol. The molecule has 5 heteroatoms. The molecule has 0 saturated heterocycles. The standard InChI is InChI=1S/C16H16INO3/c1-11-13(9-14(18-20)10-15(11)17)7-8-21-16(19)12-5-3-2-4-6-12/h2-7,14-15H,1,8-10H2/b13-7-/t14-,15+/m1/s1. The van der Waals surface area contributed by atoms with Crippen LogP contribution >= 0.6 is 22.6 Å². The molecule has 2 rings (SSSR count). The first-order chi connectivity index (χ1) is 10.1. The van der Waals surface area contributed by atoms with Crippen LogP contribution in [0.4, 0.5) is 0 Å². The second-order valence-corrected chi connectivity index (χ2v) is 6.39. The Kier molecular flexibility index (Phi) is 5.67. The Morgan fingerprint density at radius 1 is 1.43 bits per heavy atom. The highest BCUT2D eigenvalue weighted by atomic mass is 127. The van der Waals surface area contributed by atoms with Gasteiger partial charge in [0, 0.05) is 3.92 Å². The van der Waals surface area contributed by atoms with Crippen LogP contribution < -0.4 is 0 Å². The number of carbonyl (C=O) groups is 1. The lowest BCUT2D eigenvalue weighted by Gasteiger charge is -2.26. The Balaban J connectivity index is 1.95. The normalized spacial score (nSPS) is 23.9. The van der Waals surface area contributed by atoms with E-state index in [0.29, 0.717) is 12.0 Å². The van der Waals surface area contributed by atoms with Crippen molar-refractivity contribution in [2.75, 3.05) is 6.61 Å². The molecule has 21 heavy (non-hydrogen) atoms. The Bertz CT molecular complexity index is 568. The van der Waals surface area contributed by atoms with Crippen LogP contribution in [0.5, 0.6) is 0 Å². The summed E-state index contributed by atoms with van der Waals surface area (Å²) in [4.78, 5) is 22.5. The molecule has 1 aliphatic rings. The number of benzene rings is 1. The molecule has 0 radical (unpaired) electrons. The number of carbonyl (C=O) groups excluding carboxylic acids is 1. The van der Waals surface area contributed by atoms with Gasteiger partial charge < -0.3 is 4.74 Å². The molecule has 1 fully saturated rings. The number of esters is 1. The highest BCUT2D eigenvalue weighted by Gasteiger charge is 2.26. The molecule has 4 nitrogen and oxygen atoms in total. The van der Waals surface area contributed by atoms with Crippen molar-refractivity contribution in [2.24, 2.45) is 5.18 Å². The summed E-state index contributed by atoms with van der Waals surface area (Å²) in [6.45, 7) is 4.22. The van der Waals surface area contributed by atoms with Crippen molar-refractivity contribution in [1.82, 2.24) is 0 Å². The third kappa shape index (κ3) is 4.23. The highest BCUT2D eigenvalue weighted by molar-refractivity contribution is 14.1. The van der Waals surface area contributed by atoms with Gasteiger partial charge in [-0.15, -0.1) is 0 Å². The van der Waals surface area contributed by atoms with Gasteiger partial charge in [0.05, 0.1) is 11.6 Å². The molecule has 0 aliphatic heterocycles. The van der Waals surface area contributed by atoms with Crippen LogP contribution in [0.3, 0.4) is 0 Å². The average molecular weight is 397 g/mol. The van der Waals surface area contributed by atoms with Crippen molar-refractivity contribution >= 4 is 28.6 Å². The lowest BCUT2D eigenvalue weighted by atomic mass is 9.87. The SMILES string of the molecule is C=C1/C(=C\COC(=O)c2ccccc2)C[C@@H](N=O)C[C@@H]1I. The summed E-state index contributed by atoms with van der Waals surface area (Å²) in [5.41, 5.74) is 2.48. The summed E-state index contributed by atoms with van der Waals surface area (Å²) in [5, 5.41) is 3.13. The van der Waals surface area contributed by atoms with E-state index in [1.807, 2.05) is 12.1 Å². The third-order valence-corrected chi connectivity index (χ3v) is 4.69. The Hall–Kier alpha value is -1.50. The smallest absolute Gasteiger partial charge is 0.338 e. The second-order valence-electron chi connectivity index (χ2n) is 4.89. The summed E-state index contributed by atoms with van der Waals surface area (Å²) in [6.07, 6.45) is 3.13. The number of hydrogen-bond acceptors (Lipinski definition) is 4. The molecule has 1 saturated carbocycles. The molecule has 0 amide bonds. The molecule has 110 valence electrons. The van der Waals surface area contributed by atoms with Crippen LogP contribution in [0.1, 0.15) is 23.2 Å². The van der Waals surface area contributed by atoms with E-state index >= 15 is 0 Å². The van der Waals surface area contributed by atoms with Gasteiger partial charge in [0.2, 0.25) is 0 Å². The minimum atomic E-state index is -0.357. The van der Waals surface area contributed by atoms with E-state index in [-0.39, 0.29) is 22.5 Å².